The van der Waals surface area contributed by atoms with E-state index in [1.807, 2.05) is 18.2 Å². The van der Waals surface area contributed by atoms with E-state index in [0.717, 1.165) is 5.56 Å². The van der Waals surface area contributed by atoms with E-state index in [1.165, 1.54) is 0 Å². The van der Waals surface area contributed by atoms with E-state index in [4.69, 9.17) is 15.6 Å². The van der Waals surface area contributed by atoms with Crippen LogP contribution in [0.2, 0.25) is 0 Å². The Morgan fingerprint density at radius 3 is 2.27 bits per heavy atom. The van der Waals surface area contributed by atoms with Crippen molar-refractivity contribution in [2.45, 2.75) is 18.6 Å². The number of aliphatic hydroxyl groups is 1. The Morgan fingerprint density at radius 2 is 1.73 bits per heavy atom. The first-order chi connectivity index (χ1) is 10.6. The highest BCUT2D eigenvalue weighted by Crippen LogP contribution is 2.23. The highest BCUT2D eigenvalue weighted by Gasteiger charge is 2.21. The van der Waals surface area contributed by atoms with Crippen molar-refractivity contribution in [1.82, 2.24) is 0 Å². The normalized spacial score (nSPS) is 13.4. The van der Waals surface area contributed by atoms with Crippen molar-refractivity contribution in [3.63, 3.8) is 0 Å². The Hall–Kier alpha value is -2.37. The second-order valence-electron chi connectivity index (χ2n) is 5.04. The van der Waals surface area contributed by atoms with Gasteiger partial charge in [-0.05, 0) is 24.1 Å². The molecule has 0 fully saturated rings. The predicted molar refractivity (Wildman–Crippen MR) is 82.7 cm³/mol. The minimum Gasteiger partial charge on any atom is -0.478 e. The Kier molecular flexibility index (Phi) is 5.52. The van der Waals surface area contributed by atoms with Crippen molar-refractivity contribution in [1.29, 1.82) is 0 Å². The quantitative estimate of drug-likeness (QED) is 0.724. The second kappa shape index (κ2) is 7.59. The molecule has 2 aromatic rings. The summed E-state index contributed by atoms with van der Waals surface area (Å²) in [5, 5.41) is 18.3. The number of carbonyl (C=O) groups is 1. The number of benzene rings is 2. The summed E-state index contributed by atoms with van der Waals surface area (Å²) in [6.07, 6.45) is -0.496. The second-order valence-corrected chi connectivity index (χ2v) is 5.04. The first-order valence-electron chi connectivity index (χ1n) is 7.00. The molecule has 0 heterocycles. The summed E-state index contributed by atoms with van der Waals surface area (Å²) in [7, 11) is 0. The maximum atomic E-state index is 11.4. The van der Waals surface area contributed by atoms with E-state index in [9.17, 15) is 9.90 Å². The van der Waals surface area contributed by atoms with Gasteiger partial charge in [0.25, 0.3) is 0 Å². The Balaban J connectivity index is 2.09. The van der Waals surface area contributed by atoms with Crippen molar-refractivity contribution in [3.8, 4) is 5.75 Å². The molecule has 0 radical (unpaired) electrons. The number of carboxylic acids is 1. The molecule has 4 N–H and O–H groups in total. The van der Waals surface area contributed by atoms with Crippen LogP contribution in [0.3, 0.4) is 0 Å². The number of aliphatic hydroxyl groups excluding tert-OH is 1. The third-order valence-corrected chi connectivity index (χ3v) is 3.24. The first kappa shape index (κ1) is 16.0. The maximum absolute atomic E-state index is 11.4. The topological polar surface area (TPSA) is 92.8 Å². The van der Waals surface area contributed by atoms with E-state index in [2.05, 4.69) is 0 Å². The van der Waals surface area contributed by atoms with Gasteiger partial charge in [0.15, 0.2) is 0 Å². The number of hydrogen-bond donors (Lipinski definition) is 3. The third-order valence-electron chi connectivity index (χ3n) is 3.24. The summed E-state index contributed by atoms with van der Waals surface area (Å²) in [5.41, 5.74) is 7.22. The molecule has 0 saturated heterocycles. The van der Waals surface area contributed by atoms with Crippen LogP contribution in [0.25, 0.3) is 0 Å². The number of carboxylic acid groups (broad SMARTS) is 1. The molecule has 5 nitrogen and oxygen atoms in total. The van der Waals surface area contributed by atoms with Gasteiger partial charge in [-0.2, -0.15) is 0 Å². The molecule has 2 atom stereocenters. The Morgan fingerprint density at radius 1 is 1.09 bits per heavy atom. The number of rotatable bonds is 7. The molecule has 2 rings (SSSR count). The van der Waals surface area contributed by atoms with Gasteiger partial charge in [-0.25, -0.2) is 4.79 Å². The molecule has 0 saturated carbocycles. The zero-order valence-electron chi connectivity index (χ0n) is 12.1. The molecule has 0 amide bonds. The number of ether oxygens (including phenoxy) is 1. The van der Waals surface area contributed by atoms with Crippen LogP contribution < -0.4 is 10.5 Å². The van der Waals surface area contributed by atoms with Crippen molar-refractivity contribution >= 4 is 5.97 Å². The molecule has 22 heavy (non-hydrogen) atoms. The van der Waals surface area contributed by atoms with E-state index in [-0.39, 0.29) is 12.6 Å². The lowest BCUT2D eigenvalue weighted by Crippen LogP contribution is -2.26. The smallest absolute Gasteiger partial charge is 0.349 e. The van der Waals surface area contributed by atoms with Gasteiger partial charge < -0.3 is 20.7 Å². The lowest BCUT2D eigenvalue weighted by Gasteiger charge is -2.16. The van der Waals surface area contributed by atoms with Gasteiger partial charge in [0.2, 0.25) is 6.10 Å². The van der Waals surface area contributed by atoms with Gasteiger partial charge in [0, 0.05) is 11.6 Å². The molecule has 0 aliphatic heterocycles. The monoisotopic (exact) mass is 301 g/mol. The molecule has 0 spiro atoms. The van der Waals surface area contributed by atoms with Gasteiger partial charge in [-0.1, -0.05) is 42.5 Å². The summed E-state index contributed by atoms with van der Waals surface area (Å²) in [4.78, 5) is 11.4. The maximum Gasteiger partial charge on any atom is 0.349 e. The van der Waals surface area contributed by atoms with Gasteiger partial charge in [-0.15, -0.1) is 0 Å². The summed E-state index contributed by atoms with van der Waals surface area (Å²) in [5.74, 6) is -0.574. The summed E-state index contributed by atoms with van der Waals surface area (Å²) >= 11 is 0. The molecule has 0 aromatic heterocycles. The zero-order chi connectivity index (χ0) is 15.9. The zero-order valence-corrected chi connectivity index (χ0v) is 12.1. The highest BCUT2D eigenvalue weighted by molar-refractivity contribution is 5.74. The molecule has 0 bridgehead atoms. The van der Waals surface area contributed by atoms with Crippen LogP contribution in [0, 0.1) is 0 Å². The van der Waals surface area contributed by atoms with Crippen LogP contribution in [0.4, 0.5) is 0 Å². The SMILES string of the molecule is NC(CO)Cc1ccc(OC(C(=O)O)c2ccccc2)cc1. The number of nitrogens with two attached hydrogens (primary N) is 1. The Bertz CT molecular complexity index is 598. The fourth-order valence-electron chi connectivity index (χ4n) is 2.10. The first-order valence-corrected chi connectivity index (χ1v) is 7.00. The average molecular weight is 301 g/mol. The molecule has 5 heteroatoms. The molecule has 0 aliphatic carbocycles. The van der Waals surface area contributed by atoms with Gasteiger partial charge in [-0.3, -0.25) is 0 Å². The van der Waals surface area contributed by atoms with Gasteiger partial charge in [0.05, 0.1) is 6.61 Å². The highest BCUT2D eigenvalue weighted by atomic mass is 16.5. The lowest BCUT2D eigenvalue weighted by molar-refractivity contribution is -0.145. The fraction of sp³-hybridized carbons (Fsp3) is 0.235. The van der Waals surface area contributed by atoms with Crippen LogP contribution in [0.1, 0.15) is 17.2 Å². The molecular weight excluding hydrogens is 282 g/mol. The van der Waals surface area contributed by atoms with Crippen LogP contribution >= 0.6 is 0 Å². The number of aliphatic carboxylic acids is 1. The molecule has 0 aliphatic rings. The standard InChI is InChI=1S/C17H19NO4/c18-14(11-19)10-12-6-8-15(9-7-12)22-16(17(20)21)13-4-2-1-3-5-13/h1-9,14,16,19H,10-11,18H2,(H,20,21). The van der Waals surface area contributed by atoms with Crippen LogP contribution in [-0.2, 0) is 11.2 Å². The number of hydrogen-bond acceptors (Lipinski definition) is 4. The molecule has 2 aromatic carbocycles. The van der Waals surface area contributed by atoms with E-state index < -0.39 is 12.1 Å². The summed E-state index contributed by atoms with van der Waals surface area (Å²) in [6, 6.07) is 15.5. The predicted octanol–water partition coefficient (Wildman–Crippen LogP) is 1.75. The van der Waals surface area contributed by atoms with Crippen molar-refractivity contribution in [2.75, 3.05) is 6.61 Å². The van der Waals surface area contributed by atoms with Crippen LogP contribution in [0.15, 0.2) is 54.6 Å². The van der Waals surface area contributed by atoms with Crippen LogP contribution in [-0.4, -0.2) is 28.8 Å². The molecular formula is C17H19NO4. The van der Waals surface area contributed by atoms with Crippen molar-refractivity contribution < 1.29 is 19.7 Å². The van der Waals surface area contributed by atoms with E-state index >= 15 is 0 Å². The van der Waals surface area contributed by atoms with Crippen LogP contribution in [0.5, 0.6) is 5.75 Å². The summed E-state index contributed by atoms with van der Waals surface area (Å²) < 4.78 is 5.57. The average Bonchev–Trinajstić information content (AvgIpc) is 2.54. The molecule has 2 unspecified atom stereocenters. The lowest BCUT2D eigenvalue weighted by atomic mass is 10.1. The molecule has 116 valence electrons. The largest absolute Gasteiger partial charge is 0.478 e. The van der Waals surface area contributed by atoms with Gasteiger partial charge >= 0.3 is 5.97 Å². The summed E-state index contributed by atoms with van der Waals surface area (Å²) in [6.45, 7) is -0.0760. The van der Waals surface area contributed by atoms with Gasteiger partial charge in [0.1, 0.15) is 5.75 Å². The van der Waals surface area contributed by atoms with Crippen molar-refractivity contribution in [3.05, 3.63) is 65.7 Å². The fourth-order valence-corrected chi connectivity index (χ4v) is 2.10. The Labute approximate surface area is 129 Å². The minimum atomic E-state index is -1.05. The van der Waals surface area contributed by atoms with Crippen molar-refractivity contribution in [2.24, 2.45) is 5.73 Å². The minimum absolute atomic E-state index is 0.0760. The van der Waals surface area contributed by atoms with E-state index in [1.54, 1.807) is 36.4 Å². The third kappa shape index (κ3) is 4.31. The van der Waals surface area contributed by atoms with E-state index in [0.29, 0.717) is 17.7 Å².